The third-order valence-corrected chi connectivity index (χ3v) is 1.54. The minimum absolute atomic E-state index is 0.194. The highest BCUT2D eigenvalue weighted by Crippen LogP contribution is 2.05. The minimum Gasteiger partial charge on any atom is -0.390 e. The Bertz CT molecular complexity index is 260. The number of hydrogen-bond donors (Lipinski definition) is 1. The number of H-pyrrole nitrogens is 1. The molecule has 1 heterocycles. The van der Waals surface area contributed by atoms with E-state index in [2.05, 4.69) is 25.9 Å². The number of hydrogen-bond acceptors (Lipinski definition) is 3. The molecule has 0 aromatic carbocycles. The lowest BCUT2D eigenvalue weighted by atomic mass is 10.4. The van der Waals surface area contributed by atoms with Crippen LogP contribution in [0.25, 0.3) is 0 Å². The van der Waals surface area contributed by atoms with E-state index in [1.165, 1.54) is 0 Å². The molecule has 1 rings (SSSR count). The number of aryl methyl sites for hydroxylation is 1. The van der Waals surface area contributed by atoms with Gasteiger partial charge in [-0.25, -0.2) is 4.98 Å². The fourth-order valence-corrected chi connectivity index (χ4v) is 1.07. The van der Waals surface area contributed by atoms with Gasteiger partial charge >= 0.3 is 5.95 Å². The van der Waals surface area contributed by atoms with Crippen molar-refractivity contribution in [3.05, 3.63) is 22.0 Å². The van der Waals surface area contributed by atoms with E-state index in [-0.39, 0.29) is 5.95 Å². The highest BCUT2D eigenvalue weighted by atomic mass is 79.9. The summed E-state index contributed by atoms with van der Waals surface area (Å²) in [4.78, 5) is 15.7. The highest BCUT2D eigenvalue weighted by Gasteiger charge is 2.09. The van der Waals surface area contributed by atoms with Gasteiger partial charge in [-0.15, -0.1) is 0 Å². The molecular formula is C5H6BrN3O2. The van der Waals surface area contributed by atoms with Crippen LogP contribution in [-0.4, -0.2) is 20.2 Å². The zero-order valence-electron chi connectivity index (χ0n) is 5.58. The molecule has 1 aromatic rings. The summed E-state index contributed by atoms with van der Waals surface area (Å²) in [5.41, 5.74) is 0.702. The van der Waals surface area contributed by atoms with Crippen LogP contribution in [0, 0.1) is 10.1 Å². The Labute approximate surface area is 71.1 Å². The van der Waals surface area contributed by atoms with Crippen molar-refractivity contribution < 1.29 is 4.92 Å². The number of alkyl halides is 1. The molecule has 0 aliphatic carbocycles. The second-order valence-electron chi connectivity index (χ2n) is 1.91. The summed E-state index contributed by atoms with van der Waals surface area (Å²) in [5, 5.41) is 10.9. The number of rotatable bonds is 3. The van der Waals surface area contributed by atoms with E-state index >= 15 is 0 Å². The Morgan fingerprint density at radius 2 is 2.55 bits per heavy atom. The van der Waals surface area contributed by atoms with Gasteiger partial charge in [-0.05, 0) is 4.92 Å². The largest absolute Gasteiger partial charge is 0.432 e. The summed E-state index contributed by atoms with van der Waals surface area (Å²) >= 11 is 3.21. The molecule has 0 aliphatic rings. The number of nitro groups is 1. The maximum atomic E-state index is 10.1. The van der Waals surface area contributed by atoms with Crippen molar-refractivity contribution in [3.63, 3.8) is 0 Å². The van der Waals surface area contributed by atoms with Gasteiger partial charge in [0.05, 0.1) is 0 Å². The van der Waals surface area contributed by atoms with Gasteiger partial charge in [0.25, 0.3) is 0 Å². The van der Waals surface area contributed by atoms with Gasteiger partial charge in [0.1, 0.15) is 6.20 Å². The Hall–Kier alpha value is -0.910. The second-order valence-corrected chi connectivity index (χ2v) is 2.70. The first-order chi connectivity index (χ1) is 5.24. The molecule has 0 atom stereocenters. The van der Waals surface area contributed by atoms with E-state index in [1.807, 2.05) is 0 Å². The van der Waals surface area contributed by atoms with Gasteiger partial charge in [-0.2, -0.15) is 0 Å². The molecule has 5 nitrogen and oxygen atoms in total. The number of halogens is 1. The van der Waals surface area contributed by atoms with E-state index in [9.17, 15) is 10.1 Å². The monoisotopic (exact) mass is 219 g/mol. The zero-order chi connectivity index (χ0) is 8.27. The van der Waals surface area contributed by atoms with E-state index in [4.69, 9.17) is 0 Å². The molecular weight excluding hydrogens is 214 g/mol. The van der Waals surface area contributed by atoms with Crippen molar-refractivity contribution in [2.75, 3.05) is 5.33 Å². The smallest absolute Gasteiger partial charge is 0.390 e. The lowest BCUT2D eigenvalue weighted by molar-refractivity contribution is -0.393. The second kappa shape index (κ2) is 3.47. The predicted octanol–water partition coefficient (Wildman–Crippen LogP) is 1.26. The van der Waals surface area contributed by atoms with Crippen molar-refractivity contribution in [1.82, 2.24) is 9.97 Å². The average molecular weight is 220 g/mol. The first kappa shape index (κ1) is 8.19. The van der Waals surface area contributed by atoms with Gasteiger partial charge in [-0.1, -0.05) is 20.9 Å². The maximum Gasteiger partial charge on any atom is 0.432 e. The zero-order valence-corrected chi connectivity index (χ0v) is 7.17. The summed E-state index contributed by atoms with van der Waals surface area (Å²) in [7, 11) is 0. The quantitative estimate of drug-likeness (QED) is 0.473. The normalized spacial score (nSPS) is 9.91. The van der Waals surface area contributed by atoms with Gasteiger partial charge < -0.3 is 10.1 Å². The van der Waals surface area contributed by atoms with Crippen LogP contribution in [-0.2, 0) is 6.42 Å². The first-order valence-corrected chi connectivity index (χ1v) is 4.11. The fourth-order valence-electron chi connectivity index (χ4n) is 0.667. The van der Waals surface area contributed by atoms with E-state index in [1.54, 1.807) is 6.20 Å². The molecule has 0 amide bonds. The molecule has 0 saturated carbocycles. The number of aromatic nitrogens is 2. The predicted molar refractivity (Wildman–Crippen MR) is 42.7 cm³/mol. The standard InChI is InChI=1S/C5H6BrN3O2/c6-2-1-4-3-7-5(8-4)9(10)11/h3H,1-2H2,(H,7,8). The van der Waals surface area contributed by atoms with Crippen molar-refractivity contribution in [2.45, 2.75) is 6.42 Å². The van der Waals surface area contributed by atoms with Crippen LogP contribution in [0.1, 0.15) is 5.69 Å². The van der Waals surface area contributed by atoms with E-state index < -0.39 is 4.92 Å². The van der Waals surface area contributed by atoms with Gasteiger partial charge in [0, 0.05) is 11.8 Å². The first-order valence-electron chi connectivity index (χ1n) is 2.98. The summed E-state index contributed by atoms with van der Waals surface area (Å²) < 4.78 is 0. The number of nitrogens with one attached hydrogen (secondary N) is 1. The summed E-state index contributed by atoms with van der Waals surface area (Å²) in [6, 6.07) is 0. The molecule has 0 saturated heterocycles. The summed E-state index contributed by atoms with van der Waals surface area (Å²) in [5.74, 6) is -0.194. The summed E-state index contributed by atoms with van der Waals surface area (Å²) in [6.45, 7) is 0. The van der Waals surface area contributed by atoms with Gasteiger partial charge in [0.2, 0.25) is 0 Å². The average Bonchev–Trinajstić information content (AvgIpc) is 2.37. The molecule has 1 aromatic heterocycles. The molecule has 11 heavy (non-hydrogen) atoms. The minimum atomic E-state index is -0.544. The molecule has 0 fully saturated rings. The molecule has 0 spiro atoms. The van der Waals surface area contributed by atoms with Crippen LogP contribution < -0.4 is 0 Å². The van der Waals surface area contributed by atoms with Crippen molar-refractivity contribution in [2.24, 2.45) is 0 Å². The Kier molecular flexibility index (Phi) is 2.58. The van der Waals surface area contributed by atoms with E-state index in [0.29, 0.717) is 12.1 Å². The Balaban J connectivity index is 2.73. The molecule has 0 bridgehead atoms. The molecule has 0 aliphatic heterocycles. The SMILES string of the molecule is O=[N+]([O-])c1nc(CCBr)c[nH]1. The number of aromatic amines is 1. The molecule has 1 N–H and O–H groups in total. The lowest BCUT2D eigenvalue weighted by Crippen LogP contribution is -1.90. The van der Waals surface area contributed by atoms with Crippen LogP contribution in [0.2, 0.25) is 0 Å². The third-order valence-electron chi connectivity index (χ3n) is 1.14. The molecule has 0 radical (unpaired) electrons. The third kappa shape index (κ3) is 2.01. The Morgan fingerprint density at radius 1 is 1.82 bits per heavy atom. The maximum absolute atomic E-state index is 10.1. The Morgan fingerprint density at radius 3 is 3.00 bits per heavy atom. The van der Waals surface area contributed by atoms with Crippen LogP contribution in [0.4, 0.5) is 5.95 Å². The molecule has 60 valence electrons. The lowest BCUT2D eigenvalue weighted by Gasteiger charge is -1.85. The van der Waals surface area contributed by atoms with Crippen LogP contribution >= 0.6 is 15.9 Å². The fraction of sp³-hybridized carbons (Fsp3) is 0.400. The molecule has 0 unspecified atom stereocenters. The van der Waals surface area contributed by atoms with Gasteiger partial charge in [0.15, 0.2) is 5.69 Å². The van der Waals surface area contributed by atoms with Crippen LogP contribution in [0.5, 0.6) is 0 Å². The number of imidazole rings is 1. The van der Waals surface area contributed by atoms with Crippen molar-refractivity contribution >= 4 is 21.9 Å². The number of nitrogens with zero attached hydrogens (tertiary/aromatic N) is 2. The van der Waals surface area contributed by atoms with Crippen LogP contribution in [0.3, 0.4) is 0 Å². The molecule has 6 heteroatoms. The van der Waals surface area contributed by atoms with Crippen molar-refractivity contribution in [3.8, 4) is 0 Å². The topological polar surface area (TPSA) is 71.8 Å². The van der Waals surface area contributed by atoms with Crippen molar-refractivity contribution in [1.29, 1.82) is 0 Å². The van der Waals surface area contributed by atoms with Gasteiger partial charge in [-0.3, -0.25) is 0 Å². The highest BCUT2D eigenvalue weighted by molar-refractivity contribution is 9.09. The summed E-state index contributed by atoms with van der Waals surface area (Å²) in [6.07, 6.45) is 2.24. The van der Waals surface area contributed by atoms with E-state index in [0.717, 1.165) is 5.33 Å². The van der Waals surface area contributed by atoms with Crippen LogP contribution in [0.15, 0.2) is 6.20 Å².